The van der Waals surface area contributed by atoms with Crippen molar-refractivity contribution in [3.8, 4) is 56.4 Å². The number of aromatic nitrogens is 3. The summed E-state index contributed by atoms with van der Waals surface area (Å²) in [7, 11) is 0. The minimum atomic E-state index is 0.590. The van der Waals surface area contributed by atoms with Gasteiger partial charge in [-0.05, 0) is 67.4 Å². The highest BCUT2D eigenvalue weighted by Gasteiger charge is 2.23. The molecule has 0 saturated carbocycles. The fourth-order valence-electron chi connectivity index (χ4n) is 8.20. The van der Waals surface area contributed by atoms with Crippen molar-refractivity contribution in [3.05, 3.63) is 188 Å². The molecule has 11 aromatic rings. The molecule has 0 aliphatic carbocycles. The van der Waals surface area contributed by atoms with E-state index in [-0.39, 0.29) is 0 Å². The van der Waals surface area contributed by atoms with Crippen LogP contribution in [0.3, 0.4) is 0 Å². The van der Waals surface area contributed by atoms with Crippen LogP contribution >= 0.6 is 0 Å². The van der Waals surface area contributed by atoms with Crippen molar-refractivity contribution < 1.29 is 4.42 Å². The van der Waals surface area contributed by atoms with Crippen LogP contribution in [0.25, 0.3) is 111 Å². The lowest BCUT2D eigenvalue weighted by atomic mass is 9.91. The molecule has 4 heteroatoms. The molecule has 11 rings (SSSR count). The summed E-state index contributed by atoms with van der Waals surface area (Å²) in [6.07, 6.45) is 0. The summed E-state index contributed by atoms with van der Waals surface area (Å²) in [5.41, 5.74) is 8.86. The Labute approximate surface area is 317 Å². The quantitative estimate of drug-likeness (QED) is 0.168. The molecule has 2 heterocycles. The zero-order valence-electron chi connectivity index (χ0n) is 29.6. The molecule has 0 unspecified atom stereocenters. The van der Waals surface area contributed by atoms with E-state index >= 15 is 0 Å². The summed E-state index contributed by atoms with van der Waals surface area (Å²) in [5, 5.41) is 8.89. The Hall–Kier alpha value is -7.43. The molecule has 0 atom stereocenters. The summed E-state index contributed by atoms with van der Waals surface area (Å²) in [6.45, 7) is 0. The lowest BCUT2D eigenvalue weighted by Crippen LogP contribution is -2.01. The van der Waals surface area contributed by atoms with Crippen LogP contribution in [-0.2, 0) is 0 Å². The Morgan fingerprint density at radius 2 is 0.800 bits per heavy atom. The van der Waals surface area contributed by atoms with Crippen LogP contribution in [0.2, 0.25) is 0 Å². The molecule has 0 saturated heterocycles. The second-order valence-electron chi connectivity index (χ2n) is 13.9. The maximum absolute atomic E-state index is 6.87. The van der Waals surface area contributed by atoms with Gasteiger partial charge in [-0.2, -0.15) is 0 Å². The predicted octanol–water partition coefficient (Wildman–Crippen LogP) is 13.6. The van der Waals surface area contributed by atoms with Crippen molar-refractivity contribution in [1.82, 2.24) is 15.0 Å². The monoisotopic (exact) mass is 701 g/mol. The molecule has 9 aromatic carbocycles. The SMILES string of the molecule is c1ccc(-c2cccc(-c3ccccc3-c3nc(-c4ccccc4)nc(-c4cc5c6ccccc6c6ccccc6c5c5oc6ccccc6c45)n3)c2)cc1. The van der Waals surface area contributed by atoms with Gasteiger partial charge in [0.15, 0.2) is 17.5 Å². The van der Waals surface area contributed by atoms with Crippen LogP contribution in [-0.4, -0.2) is 15.0 Å². The maximum atomic E-state index is 6.87. The van der Waals surface area contributed by atoms with E-state index in [0.29, 0.717) is 17.5 Å². The van der Waals surface area contributed by atoms with Gasteiger partial charge in [0.2, 0.25) is 0 Å². The smallest absolute Gasteiger partial charge is 0.164 e. The zero-order chi connectivity index (χ0) is 36.3. The van der Waals surface area contributed by atoms with Gasteiger partial charge in [0.1, 0.15) is 11.2 Å². The number of furan rings is 1. The number of para-hydroxylation sites is 1. The normalized spacial score (nSPS) is 11.6. The average molecular weight is 702 g/mol. The average Bonchev–Trinajstić information content (AvgIpc) is 3.66. The largest absolute Gasteiger partial charge is 0.455 e. The molecule has 0 aliphatic rings. The number of hydrogen-bond donors (Lipinski definition) is 0. The van der Waals surface area contributed by atoms with Crippen molar-refractivity contribution in [3.63, 3.8) is 0 Å². The van der Waals surface area contributed by atoms with Gasteiger partial charge in [-0.25, -0.2) is 15.0 Å². The van der Waals surface area contributed by atoms with Crippen LogP contribution in [0.5, 0.6) is 0 Å². The van der Waals surface area contributed by atoms with Gasteiger partial charge in [-0.15, -0.1) is 0 Å². The molecule has 2 aromatic heterocycles. The number of benzene rings is 9. The third-order valence-electron chi connectivity index (χ3n) is 10.7. The number of hydrogen-bond acceptors (Lipinski definition) is 4. The van der Waals surface area contributed by atoms with Gasteiger partial charge in [0, 0.05) is 32.8 Å². The highest BCUT2D eigenvalue weighted by molar-refractivity contribution is 6.34. The first-order chi connectivity index (χ1) is 27.3. The predicted molar refractivity (Wildman–Crippen MR) is 227 cm³/mol. The van der Waals surface area contributed by atoms with Gasteiger partial charge >= 0.3 is 0 Å². The Morgan fingerprint density at radius 1 is 0.291 bits per heavy atom. The number of rotatable bonds is 5. The van der Waals surface area contributed by atoms with E-state index in [1.165, 1.54) is 16.3 Å². The molecule has 0 radical (unpaired) electrons. The highest BCUT2D eigenvalue weighted by atomic mass is 16.3. The Morgan fingerprint density at radius 3 is 1.55 bits per heavy atom. The van der Waals surface area contributed by atoms with E-state index in [4.69, 9.17) is 19.4 Å². The zero-order valence-corrected chi connectivity index (χ0v) is 29.6. The molecular weight excluding hydrogens is 671 g/mol. The molecule has 0 spiro atoms. The Kier molecular flexibility index (Phi) is 7.14. The van der Waals surface area contributed by atoms with E-state index in [1.807, 2.05) is 36.4 Å². The second-order valence-corrected chi connectivity index (χ2v) is 13.9. The molecule has 0 fully saturated rings. The minimum absolute atomic E-state index is 0.590. The van der Waals surface area contributed by atoms with E-state index in [0.717, 1.165) is 76.9 Å². The summed E-state index contributed by atoms with van der Waals surface area (Å²) in [6, 6.07) is 65.5. The van der Waals surface area contributed by atoms with Gasteiger partial charge in [-0.1, -0.05) is 170 Å². The molecular formula is C51H31N3O. The van der Waals surface area contributed by atoms with Crippen LogP contribution < -0.4 is 0 Å². The van der Waals surface area contributed by atoms with E-state index in [9.17, 15) is 0 Å². The minimum Gasteiger partial charge on any atom is -0.455 e. The van der Waals surface area contributed by atoms with Crippen molar-refractivity contribution in [2.75, 3.05) is 0 Å². The van der Waals surface area contributed by atoms with Crippen molar-refractivity contribution in [2.24, 2.45) is 0 Å². The third-order valence-corrected chi connectivity index (χ3v) is 10.7. The summed E-state index contributed by atoms with van der Waals surface area (Å²) in [5.74, 6) is 1.80. The molecule has 0 aliphatic heterocycles. The van der Waals surface area contributed by atoms with Crippen LogP contribution in [0, 0.1) is 0 Å². The molecule has 0 bridgehead atoms. The van der Waals surface area contributed by atoms with E-state index in [1.54, 1.807) is 0 Å². The second kappa shape index (κ2) is 12.6. The van der Waals surface area contributed by atoms with Crippen molar-refractivity contribution >= 4 is 54.3 Å². The van der Waals surface area contributed by atoms with Crippen molar-refractivity contribution in [1.29, 1.82) is 0 Å². The van der Waals surface area contributed by atoms with Gasteiger partial charge in [-0.3, -0.25) is 0 Å². The van der Waals surface area contributed by atoms with Gasteiger partial charge in [0.05, 0.1) is 0 Å². The molecule has 256 valence electrons. The number of fused-ring (bicyclic) bond motifs is 10. The van der Waals surface area contributed by atoms with Crippen molar-refractivity contribution in [2.45, 2.75) is 0 Å². The first-order valence-corrected chi connectivity index (χ1v) is 18.5. The van der Waals surface area contributed by atoms with Gasteiger partial charge < -0.3 is 4.42 Å². The Bertz CT molecular complexity index is 3260. The topological polar surface area (TPSA) is 51.8 Å². The highest BCUT2D eigenvalue weighted by Crippen LogP contribution is 2.46. The van der Waals surface area contributed by atoms with Crippen LogP contribution in [0.4, 0.5) is 0 Å². The molecule has 0 amide bonds. The standard InChI is InChI=1S/C51H31N3O/c1-3-16-32(17-4-1)34-20-15-21-35(30-34)36-22-7-12-27-41(36)50-52-49(33-18-5-2-6-19-33)53-51(54-50)44-31-43-39-25-9-8-23-37(39)38-24-10-11-26-40(38)46(43)48-47(44)42-28-13-14-29-45(42)55-48/h1-31H. The maximum Gasteiger partial charge on any atom is 0.164 e. The Balaban J connectivity index is 1.23. The third kappa shape index (κ3) is 5.11. The lowest BCUT2D eigenvalue weighted by molar-refractivity contribution is 0.673. The molecule has 4 nitrogen and oxygen atoms in total. The summed E-state index contributed by atoms with van der Waals surface area (Å²) < 4.78 is 6.87. The molecule has 55 heavy (non-hydrogen) atoms. The van der Waals surface area contributed by atoms with E-state index < -0.39 is 0 Å². The van der Waals surface area contributed by atoms with E-state index in [2.05, 4.69) is 152 Å². The fraction of sp³-hybridized carbons (Fsp3) is 0. The first kappa shape index (κ1) is 31.1. The fourth-order valence-corrected chi connectivity index (χ4v) is 8.20. The number of nitrogens with zero attached hydrogens (tertiary/aromatic N) is 3. The first-order valence-electron chi connectivity index (χ1n) is 18.5. The van der Waals surface area contributed by atoms with Gasteiger partial charge in [0.25, 0.3) is 0 Å². The summed E-state index contributed by atoms with van der Waals surface area (Å²) >= 11 is 0. The lowest BCUT2D eigenvalue weighted by Gasteiger charge is -2.15. The summed E-state index contributed by atoms with van der Waals surface area (Å²) in [4.78, 5) is 15.9. The molecule has 0 N–H and O–H groups in total. The van der Waals surface area contributed by atoms with Crippen LogP contribution in [0.1, 0.15) is 0 Å². The van der Waals surface area contributed by atoms with Crippen LogP contribution in [0.15, 0.2) is 192 Å².